The highest BCUT2D eigenvalue weighted by molar-refractivity contribution is 6.34. The maximum Gasteiger partial charge on any atom is 0.273 e. The molecule has 0 bridgehead atoms. The largest absolute Gasteiger partial charge is 0.381 e. The van der Waals surface area contributed by atoms with Crippen molar-refractivity contribution in [3.63, 3.8) is 0 Å². The number of ether oxygens (including phenoxy) is 1. The van der Waals surface area contributed by atoms with Crippen LogP contribution in [0.25, 0.3) is 0 Å². The average Bonchev–Trinajstić information content (AvgIpc) is 2.42. The van der Waals surface area contributed by atoms with Crippen LogP contribution in [0.15, 0.2) is 12.1 Å². The first kappa shape index (κ1) is 14.6. The summed E-state index contributed by atoms with van der Waals surface area (Å²) in [5.41, 5.74) is 0.212. The molecule has 4 nitrogen and oxygen atoms in total. The Hall–Kier alpha value is -0.840. The minimum atomic E-state index is -0.195. The van der Waals surface area contributed by atoms with Gasteiger partial charge in [-0.1, -0.05) is 23.2 Å². The summed E-state index contributed by atoms with van der Waals surface area (Å²) in [5, 5.41) is 0.598. The number of pyridine rings is 1. The monoisotopic (exact) mass is 302 g/mol. The molecule has 1 fully saturated rings. The molecule has 0 N–H and O–H groups in total. The van der Waals surface area contributed by atoms with E-state index in [1.165, 1.54) is 0 Å². The molecule has 2 heterocycles. The van der Waals surface area contributed by atoms with Crippen LogP contribution in [-0.4, -0.2) is 42.6 Å². The smallest absolute Gasteiger partial charge is 0.273 e. The van der Waals surface area contributed by atoms with Crippen LogP contribution in [0.5, 0.6) is 0 Å². The Morgan fingerprint density at radius 2 is 2.11 bits per heavy atom. The quantitative estimate of drug-likeness (QED) is 0.806. The molecular formula is C13H16Cl2N2O2. The van der Waals surface area contributed by atoms with E-state index in [0.717, 1.165) is 26.1 Å². The first-order valence-corrected chi connectivity index (χ1v) is 6.99. The minimum Gasteiger partial charge on any atom is -0.381 e. The van der Waals surface area contributed by atoms with Crippen molar-refractivity contribution >= 4 is 29.1 Å². The molecule has 1 saturated heterocycles. The summed E-state index contributed by atoms with van der Waals surface area (Å²) >= 11 is 11.8. The predicted octanol–water partition coefficient (Wildman–Crippen LogP) is 2.89. The van der Waals surface area contributed by atoms with Crippen LogP contribution in [0.4, 0.5) is 0 Å². The highest BCUT2D eigenvalue weighted by Gasteiger charge is 2.22. The molecule has 0 aromatic carbocycles. The molecule has 2 rings (SSSR count). The number of carbonyl (C=O) groups excluding carboxylic acids is 1. The zero-order valence-electron chi connectivity index (χ0n) is 10.7. The predicted molar refractivity (Wildman–Crippen MR) is 74.8 cm³/mol. The Kier molecular flexibility index (Phi) is 5.02. The van der Waals surface area contributed by atoms with Crippen molar-refractivity contribution in [2.75, 3.05) is 26.8 Å². The lowest BCUT2D eigenvalue weighted by molar-refractivity contribution is 0.0495. The van der Waals surface area contributed by atoms with Gasteiger partial charge in [-0.15, -0.1) is 0 Å². The molecule has 104 valence electrons. The van der Waals surface area contributed by atoms with Crippen LogP contribution in [0.1, 0.15) is 23.3 Å². The van der Waals surface area contributed by atoms with E-state index in [0.29, 0.717) is 17.5 Å². The van der Waals surface area contributed by atoms with Gasteiger partial charge in [-0.25, -0.2) is 4.98 Å². The molecule has 1 aromatic heterocycles. The lowest BCUT2D eigenvalue weighted by atomic mass is 10.00. The molecule has 0 radical (unpaired) electrons. The van der Waals surface area contributed by atoms with Crippen molar-refractivity contribution in [2.45, 2.75) is 12.8 Å². The molecule has 1 aromatic rings. The molecule has 1 aliphatic heterocycles. The lowest BCUT2D eigenvalue weighted by Gasteiger charge is -2.27. The zero-order valence-corrected chi connectivity index (χ0v) is 12.2. The fraction of sp³-hybridized carbons (Fsp3) is 0.538. The van der Waals surface area contributed by atoms with Crippen molar-refractivity contribution in [3.8, 4) is 0 Å². The van der Waals surface area contributed by atoms with Crippen molar-refractivity contribution in [2.24, 2.45) is 5.92 Å². The van der Waals surface area contributed by atoms with Gasteiger partial charge in [-0.3, -0.25) is 4.79 Å². The van der Waals surface area contributed by atoms with Crippen LogP contribution >= 0.6 is 23.2 Å². The number of nitrogens with zero attached hydrogens (tertiary/aromatic N) is 2. The van der Waals surface area contributed by atoms with E-state index in [-0.39, 0.29) is 16.8 Å². The topological polar surface area (TPSA) is 42.4 Å². The van der Waals surface area contributed by atoms with Crippen molar-refractivity contribution in [3.05, 3.63) is 28.0 Å². The Balaban J connectivity index is 2.03. The van der Waals surface area contributed by atoms with E-state index in [1.54, 1.807) is 24.1 Å². The zero-order chi connectivity index (χ0) is 13.8. The number of hydrogen-bond acceptors (Lipinski definition) is 3. The second-order valence-corrected chi connectivity index (χ2v) is 5.50. The van der Waals surface area contributed by atoms with Crippen molar-refractivity contribution in [1.82, 2.24) is 9.88 Å². The SMILES string of the molecule is CN(CC1CCOCC1)C(=O)c1nc(Cl)ccc1Cl. The summed E-state index contributed by atoms with van der Waals surface area (Å²) in [5.74, 6) is 0.277. The summed E-state index contributed by atoms with van der Waals surface area (Å²) in [7, 11) is 1.76. The first-order chi connectivity index (χ1) is 9.08. The van der Waals surface area contributed by atoms with Crippen LogP contribution in [0.3, 0.4) is 0 Å². The molecule has 0 atom stereocenters. The highest BCUT2D eigenvalue weighted by Crippen LogP contribution is 2.20. The summed E-state index contributed by atoms with van der Waals surface area (Å²) in [6.45, 7) is 2.22. The second-order valence-electron chi connectivity index (χ2n) is 4.71. The van der Waals surface area contributed by atoms with Gasteiger partial charge in [0.05, 0.1) is 5.02 Å². The number of amides is 1. The number of carbonyl (C=O) groups is 1. The molecule has 0 unspecified atom stereocenters. The third kappa shape index (κ3) is 3.81. The molecule has 6 heteroatoms. The molecule has 19 heavy (non-hydrogen) atoms. The Bertz CT molecular complexity index is 462. The fourth-order valence-electron chi connectivity index (χ4n) is 2.15. The van der Waals surface area contributed by atoms with E-state index >= 15 is 0 Å². The number of halogens is 2. The Labute approximate surface area is 122 Å². The van der Waals surface area contributed by atoms with E-state index < -0.39 is 0 Å². The summed E-state index contributed by atoms with van der Waals surface area (Å²) in [4.78, 5) is 17.9. The second kappa shape index (κ2) is 6.55. The number of rotatable bonds is 3. The van der Waals surface area contributed by atoms with Crippen LogP contribution in [0.2, 0.25) is 10.2 Å². The van der Waals surface area contributed by atoms with Gasteiger partial charge in [0.15, 0.2) is 0 Å². The normalized spacial score (nSPS) is 16.4. The third-order valence-electron chi connectivity index (χ3n) is 3.23. The standard InChI is InChI=1S/C13H16Cl2N2O2/c1-17(8-9-4-6-19-7-5-9)13(18)12-10(14)2-3-11(15)16-12/h2-3,9H,4-8H2,1H3. The van der Waals surface area contributed by atoms with Gasteiger partial charge in [0, 0.05) is 26.8 Å². The van der Waals surface area contributed by atoms with Crippen molar-refractivity contribution in [1.29, 1.82) is 0 Å². The minimum absolute atomic E-state index is 0.195. The molecule has 0 spiro atoms. The lowest BCUT2D eigenvalue weighted by Crippen LogP contribution is -2.34. The van der Waals surface area contributed by atoms with Gasteiger partial charge < -0.3 is 9.64 Å². The maximum absolute atomic E-state index is 12.3. The fourth-order valence-corrected chi connectivity index (χ4v) is 2.48. The highest BCUT2D eigenvalue weighted by atomic mass is 35.5. The Morgan fingerprint density at radius 3 is 2.79 bits per heavy atom. The van der Waals surface area contributed by atoms with Gasteiger partial charge in [0.2, 0.25) is 0 Å². The van der Waals surface area contributed by atoms with Crippen LogP contribution in [-0.2, 0) is 4.74 Å². The summed E-state index contributed by atoms with van der Waals surface area (Å²) in [6.07, 6.45) is 1.96. The van der Waals surface area contributed by atoms with Crippen molar-refractivity contribution < 1.29 is 9.53 Å². The molecule has 1 aliphatic rings. The number of hydrogen-bond donors (Lipinski definition) is 0. The van der Waals surface area contributed by atoms with E-state index in [4.69, 9.17) is 27.9 Å². The van der Waals surface area contributed by atoms with Crippen LogP contribution < -0.4 is 0 Å². The van der Waals surface area contributed by atoms with E-state index in [1.807, 2.05) is 0 Å². The molecular weight excluding hydrogens is 287 g/mol. The van der Waals surface area contributed by atoms with Crippen LogP contribution in [0, 0.1) is 5.92 Å². The van der Waals surface area contributed by atoms with Gasteiger partial charge in [-0.2, -0.15) is 0 Å². The van der Waals surface area contributed by atoms with E-state index in [9.17, 15) is 4.79 Å². The first-order valence-electron chi connectivity index (χ1n) is 6.23. The summed E-state index contributed by atoms with van der Waals surface area (Å²) < 4.78 is 5.31. The maximum atomic E-state index is 12.3. The van der Waals surface area contributed by atoms with Gasteiger partial charge in [-0.05, 0) is 30.9 Å². The molecule has 0 saturated carbocycles. The third-order valence-corrected chi connectivity index (χ3v) is 3.75. The van der Waals surface area contributed by atoms with Gasteiger partial charge in [0.1, 0.15) is 10.8 Å². The average molecular weight is 303 g/mol. The number of aromatic nitrogens is 1. The molecule has 0 aliphatic carbocycles. The van der Waals surface area contributed by atoms with Gasteiger partial charge >= 0.3 is 0 Å². The molecule has 1 amide bonds. The summed E-state index contributed by atoms with van der Waals surface area (Å²) in [6, 6.07) is 3.16. The van der Waals surface area contributed by atoms with Gasteiger partial charge in [0.25, 0.3) is 5.91 Å². The van der Waals surface area contributed by atoms with E-state index in [2.05, 4.69) is 4.98 Å². The Morgan fingerprint density at radius 1 is 1.42 bits per heavy atom.